The highest BCUT2D eigenvalue weighted by molar-refractivity contribution is 5.67. The molecular formula is C9H16FNO2. The summed E-state index contributed by atoms with van der Waals surface area (Å²) in [5, 5.41) is 0. The van der Waals surface area contributed by atoms with Gasteiger partial charge < -0.3 is 9.64 Å². The molecule has 0 N–H and O–H groups in total. The highest BCUT2D eigenvalue weighted by atomic mass is 19.1. The molecule has 0 saturated carbocycles. The lowest BCUT2D eigenvalue weighted by molar-refractivity contribution is 0.0842. The highest BCUT2D eigenvalue weighted by Crippen LogP contribution is 2.16. The molecule has 0 aromatic heterocycles. The van der Waals surface area contributed by atoms with Crippen LogP contribution in [-0.2, 0) is 4.74 Å². The van der Waals surface area contributed by atoms with E-state index in [4.69, 9.17) is 0 Å². The average molecular weight is 189 g/mol. The van der Waals surface area contributed by atoms with Gasteiger partial charge in [-0.3, -0.25) is 0 Å². The lowest BCUT2D eigenvalue weighted by Crippen LogP contribution is -2.38. The van der Waals surface area contributed by atoms with Crippen molar-refractivity contribution in [3.63, 3.8) is 0 Å². The Morgan fingerprint density at radius 1 is 1.54 bits per heavy atom. The van der Waals surface area contributed by atoms with E-state index in [1.54, 1.807) is 4.90 Å². The van der Waals surface area contributed by atoms with Gasteiger partial charge in [0.05, 0.1) is 0 Å². The standard InChI is InChI=1S/C9H16FNO2/c1-8-2-5-11(6-3-8)9(12)13-7-4-10/h8H,2-7H2,1H3. The molecule has 0 unspecified atom stereocenters. The molecule has 0 bridgehead atoms. The smallest absolute Gasteiger partial charge is 0.409 e. The van der Waals surface area contributed by atoms with Gasteiger partial charge >= 0.3 is 6.09 Å². The first kappa shape index (κ1) is 10.3. The molecule has 1 aliphatic heterocycles. The molecule has 0 aliphatic carbocycles. The minimum Gasteiger partial charge on any atom is -0.447 e. The summed E-state index contributed by atoms with van der Waals surface area (Å²) < 4.78 is 16.4. The van der Waals surface area contributed by atoms with Crippen LogP contribution in [0.3, 0.4) is 0 Å². The van der Waals surface area contributed by atoms with E-state index in [1.165, 1.54) is 0 Å². The van der Waals surface area contributed by atoms with Gasteiger partial charge in [0.25, 0.3) is 0 Å². The summed E-state index contributed by atoms with van der Waals surface area (Å²) in [7, 11) is 0. The monoisotopic (exact) mass is 189 g/mol. The zero-order valence-electron chi connectivity index (χ0n) is 7.96. The molecule has 1 aliphatic rings. The lowest BCUT2D eigenvalue weighted by atomic mass is 10.00. The second kappa shape index (κ2) is 5.04. The molecular weight excluding hydrogens is 173 g/mol. The SMILES string of the molecule is CC1CCN(C(=O)OCCF)CC1. The van der Waals surface area contributed by atoms with Gasteiger partial charge in [0, 0.05) is 13.1 Å². The summed E-state index contributed by atoms with van der Waals surface area (Å²) in [4.78, 5) is 12.8. The van der Waals surface area contributed by atoms with Crippen molar-refractivity contribution in [3.8, 4) is 0 Å². The maximum atomic E-state index is 11.7. The number of hydrogen-bond donors (Lipinski definition) is 0. The fraction of sp³-hybridized carbons (Fsp3) is 0.889. The molecule has 0 atom stereocenters. The van der Waals surface area contributed by atoms with Crippen LogP contribution >= 0.6 is 0 Å². The number of carbonyl (C=O) groups is 1. The van der Waals surface area contributed by atoms with Gasteiger partial charge in [-0.2, -0.15) is 0 Å². The summed E-state index contributed by atoms with van der Waals surface area (Å²) in [6.45, 7) is 2.93. The Bertz CT molecular complexity index is 167. The fourth-order valence-corrected chi connectivity index (χ4v) is 1.41. The van der Waals surface area contributed by atoms with Crippen molar-refractivity contribution in [1.29, 1.82) is 0 Å². The second-order valence-corrected chi connectivity index (χ2v) is 3.47. The first-order chi connectivity index (χ1) is 6.24. The molecule has 1 amide bonds. The Balaban J connectivity index is 2.23. The normalized spacial score (nSPS) is 18.8. The first-order valence-electron chi connectivity index (χ1n) is 4.71. The summed E-state index contributed by atoms with van der Waals surface area (Å²) in [5.41, 5.74) is 0. The van der Waals surface area contributed by atoms with Crippen LogP contribution < -0.4 is 0 Å². The molecule has 4 heteroatoms. The molecule has 13 heavy (non-hydrogen) atoms. The van der Waals surface area contributed by atoms with E-state index in [-0.39, 0.29) is 12.7 Å². The first-order valence-corrected chi connectivity index (χ1v) is 4.71. The molecule has 0 spiro atoms. The number of ether oxygens (including phenoxy) is 1. The van der Waals surface area contributed by atoms with Crippen molar-refractivity contribution in [2.75, 3.05) is 26.4 Å². The number of carbonyl (C=O) groups excluding carboxylic acids is 1. The molecule has 76 valence electrons. The van der Waals surface area contributed by atoms with Crippen LogP contribution in [-0.4, -0.2) is 37.4 Å². The predicted octanol–water partition coefficient (Wildman–Crippen LogP) is 1.82. The molecule has 0 aromatic carbocycles. The summed E-state index contributed by atoms with van der Waals surface area (Å²) in [5.74, 6) is 0.685. The topological polar surface area (TPSA) is 29.5 Å². The lowest BCUT2D eigenvalue weighted by Gasteiger charge is -2.29. The molecule has 0 radical (unpaired) electrons. The van der Waals surface area contributed by atoms with E-state index in [9.17, 15) is 9.18 Å². The van der Waals surface area contributed by atoms with Crippen molar-refractivity contribution in [2.45, 2.75) is 19.8 Å². The van der Waals surface area contributed by atoms with E-state index in [0.717, 1.165) is 25.9 Å². The number of hydrogen-bond acceptors (Lipinski definition) is 2. The van der Waals surface area contributed by atoms with Gasteiger partial charge in [-0.1, -0.05) is 6.92 Å². The van der Waals surface area contributed by atoms with E-state index in [1.807, 2.05) is 0 Å². The third-order valence-electron chi connectivity index (χ3n) is 2.34. The number of alkyl halides is 1. The van der Waals surface area contributed by atoms with E-state index in [0.29, 0.717) is 5.92 Å². The molecule has 3 nitrogen and oxygen atoms in total. The van der Waals surface area contributed by atoms with E-state index in [2.05, 4.69) is 11.7 Å². The minimum atomic E-state index is -0.601. The number of amides is 1. The maximum absolute atomic E-state index is 11.7. The third kappa shape index (κ3) is 3.20. The average Bonchev–Trinajstić information content (AvgIpc) is 2.15. The number of nitrogens with zero attached hydrogens (tertiary/aromatic N) is 1. The molecule has 1 saturated heterocycles. The zero-order valence-corrected chi connectivity index (χ0v) is 7.96. The Morgan fingerprint density at radius 3 is 2.69 bits per heavy atom. The molecule has 0 aromatic rings. The largest absolute Gasteiger partial charge is 0.447 e. The van der Waals surface area contributed by atoms with Crippen LogP contribution in [0.1, 0.15) is 19.8 Å². The van der Waals surface area contributed by atoms with Crippen LogP contribution in [0.4, 0.5) is 9.18 Å². The number of piperidine rings is 1. The van der Waals surface area contributed by atoms with Gasteiger partial charge in [-0.25, -0.2) is 9.18 Å². The van der Waals surface area contributed by atoms with Gasteiger partial charge in [0.1, 0.15) is 13.3 Å². The van der Waals surface area contributed by atoms with Crippen molar-refractivity contribution in [2.24, 2.45) is 5.92 Å². The van der Waals surface area contributed by atoms with Crippen LogP contribution in [0.25, 0.3) is 0 Å². The van der Waals surface area contributed by atoms with Crippen LogP contribution in [0.2, 0.25) is 0 Å². The second-order valence-electron chi connectivity index (χ2n) is 3.47. The molecule has 1 rings (SSSR count). The Morgan fingerprint density at radius 2 is 2.15 bits per heavy atom. The number of rotatable bonds is 2. The fourth-order valence-electron chi connectivity index (χ4n) is 1.41. The number of halogens is 1. The predicted molar refractivity (Wildman–Crippen MR) is 47.3 cm³/mol. The van der Waals surface area contributed by atoms with Gasteiger partial charge in [0.15, 0.2) is 0 Å². The van der Waals surface area contributed by atoms with Crippen LogP contribution in [0, 0.1) is 5.92 Å². The molecule has 1 fully saturated rings. The van der Waals surface area contributed by atoms with E-state index >= 15 is 0 Å². The summed E-state index contributed by atoms with van der Waals surface area (Å²) in [6.07, 6.45) is 1.67. The Kier molecular flexibility index (Phi) is 3.99. The quantitative estimate of drug-likeness (QED) is 0.663. The van der Waals surface area contributed by atoms with Crippen molar-refractivity contribution in [1.82, 2.24) is 4.90 Å². The third-order valence-corrected chi connectivity index (χ3v) is 2.34. The van der Waals surface area contributed by atoms with E-state index < -0.39 is 6.67 Å². The van der Waals surface area contributed by atoms with Gasteiger partial charge in [-0.15, -0.1) is 0 Å². The highest BCUT2D eigenvalue weighted by Gasteiger charge is 2.20. The van der Waals surface area contributed by atoms with Crippen LogP contribution in [0.15, 0.2) is 0 Å². The summed E-state index contributed by atoms with van der Waals surface area (Å²) >= 11 is 0. The van der Waals surface area contributed by atoms with Crippen LogP contribution in [0.5, 0.6) is 0 Å². The summed E-state index contributed by atoms with van der Waals surface area (Å²) in [6, 6.07) is 0. The van der Waals surface area contributed by atoms with Crippen molar-refractivity contribution >= 4 is 6.09 Å². The Hall–Kier alpha value is -0.800. The Labute approximate surface area is 77.9 Å². The number of likely N-dealkylation sites (tertiary alicyclic amines) is 1. The van der Waals surface area contributed by atoms with Gasteiger partial charge in [-0.05, 0) is 18.8 Å². The minimum absolute atomic E-state index is 0.120. The zero-order chi connectivity index (χ0) is 9.68. The van der Waals surface area contributed by atoms with Crippen molar-refractivity contribution < 1.29 is 13.9 Å². The molecule has 1 heterocycles. The maximum Gasteiger partial charge on any atom is 0.409 e. The van der Waals surface area contributed by atoms with Gasteiger partial charge in [0.2, 0.25) is 0 Å². The van der Waals surface area contributed by atoms with Crippen molar-refractivity contribution in [3.05, 3.63) is 0 Å².